The van der Waals surface area contributed by atoms with Crippen LogP contribution in [0, 0.1) is 36.1 Å². The van der Waals surface area contributed by atoms with Crippen LogP contribution in [0.1, 0.15) is 94.7 Å². The molecule has 0 aromatic heterocycles. The zero-order valence-corrected chi connectivity index (χ0v) is 32.1. The molecular weight excluding hydrogens is 696 g/mol. The lowest BCUT2D eigenvalue weighted by Gasteiger charge is -2.12. The van der Waals surface area contributed by atoms with Crippen LogP contribution >= 0.6 is 0 Å². The quantitative estimate of drug-likeness (QED) is 0.0472. The Balaban J connectivity index is 0.950. The normalized spacial score (nSPS) is 11.7. The lowest BCUT2D eigenvalue weighted by Crippen LogP contribution is -2.04. The molecule has 0 radical (unpaired) electrons. The van der Waals surface area contributed by atoms with E-state index in [1.807, 2.05) is 48.5 Å². The molecule has 4 aromatic carbocycles. The van der Waals surface area contributed by atoms with Gasteiger partial charge in [-0.3, -0.25) is 0 Å². The highest BCUT2D eigenvalue weighted by Gasteiger charge is 2.15. The zero-order chi connectivity index (χ0) is 38.5. The summed E-state index contributed by atoms with van der Waals surface area (Å²) in [6, 6.07) is 21.8. The van der Waals surface area contributed by atoms with Gasteiger partial charge in [0.25, 0.3) is 0 Å². The topological polar surface area (TPSA) is 46.2 Å². The first-order valence-corrected chi connectivity index (χ1v) is 19.5. The molecular formula is C45H56F4O5. The third-order valence-corrected chi connectivity index (χ3v) is 9.35. The molecule has 0 aliphatic rings. The molecule has 0 N–H and O–H groups in total. The number of hydrogen-bond acceptors (Lipinski definition) is 5. The second-order valence-electron chi connectivity index (χ2n) is 13.8. The Hall–Kier alpha value is -4.40. The van der Waals surface area contributed by atoms with Gasteiger partial charge in [0, 0.05) is 0 Å². The Morgan fingerprint density at radius 2 is 0.852 bits per heavy atom. The highest BCUT2D eigenvalue weighted by molar-refractivity contribution is 5.35. The molecule has 0 heterocycles. The second kappa shape index (κ2) is 23.4. The summed E-state index contributed by atoms with van der Waals surface area (Å²) in [5.41, 5.74) is 2.54. The molecule has 294 valence electrons. The molecule has 54 heavy (non-hydrogen) atoms. The van der Waals surface area contributed by atoms with Crippen molar-refractivity contribution >= 4 is 0 Å². The van der Waals surface area contributed by atoms with Gasteiger partial charge in [0.1, 0.15) is 11.5 Å². The van der Waals surface area contributed by atoms with Crippen molar-refractivity contribution in [2.45, 2.75) is 97.8 Å². The van der Waals surface area contributed by atoms with E-state index in [0.717, 1.165) is 61.2 Å². The fourth-order valence-corrected chi connectivity index (χ4v) is 6.12. The molecule has 0 saturated heterocycles. The number of ether oxygens (including phenoxy) is 5. The lowest BCUT2D eigenvalue weighted by atomic mass is 9.97. The van der Waals surface area contributed by atoms with Crippen molar-refractivity contribution in [3.8, 4) is 28.7 Å². The maximum absolute atomic E-state index is 14.2. The molecule has 0 spiro atoms. The largest absolute Gasteiger partial charge is 0.494 e. The van der Waals surface area contributed by atoms with Gasteiger partial charge >= 0.3 is 0 Å². The molecule has 9 heteroatoms. The zero-order valence-electron chi connectivity index (χ0n) is 32.1. The number of benzene rings is 4. The minimum atomic E-state index is -1.02. The summed E-state index contributed by atoms with van der Waals surface area (Å²) in [6.45, 7) is 7.83. The number of hydrogen-bond donors (Lipinski definition) is 0. The molecule has 4 aromatic rings. The Labute approximate surface area is 318 Å². The Kier molecular flexibility index (Phi) is 18.3. The highest BCUT2D eigenvalue weighted by Crippen LogP contribution is 2.28. The number of rotatable bonds is 26. The van der Waals surface area contributed by atoms with Crippen LogP contribution in [0.2, 0.25) is 0 Å². The molecule has 1 unspecified atom stereocenters. The average Bonchev–Trinajstić information content (AvgIpc) is 3.18. The van der Waals surface area contributed by atoms with E-state index in [9.17, 15) is 17.6 Å². The maximum Gasteiger partial charge on any atom is 0.204 e. The third-order valence-electron chi connectivity index (χ3n) is 9.35. The van der Waals surface area contributed by atoms with Crippen LogP contribution in [0.25, 0.3) is 0 Å². The lowest BCUT2D eigenvalue weighted by molar-refractivity contribution is 0.278. The fraction of sp³-hybridized carbons (Fsp3) is 0.467. The summed E-state index contributed by atoms with van der Waals surface area (Å²) in [6.07, 6.45) is 12.1. The maximum atomic E-state index is 14.2. The Bertz CT molecular complexity index is 1660. The molecule has 4 rings (SSSR count). The summed E-state index contributed by atoms with van der Waals surface area (Å²) in [4.78, 5) is 0. The van der Waals surface area contributed by atoms with Crippen LogP contribution in [0.5, 0.6) is 28.7 Å². The first-order valence-electron chi connectivity index (χ1n) is 19.5. The first kappa shape index (κ1) is 42.3. The standard InChI is InChI=1S/C45H56F4O5/c1-4-50-39-27-28-41(45(49)44(39)48)54-32-12-16-36-20-24-38(25-21-36)52-30-10-6-8-14-33(2)13-7-5-9-29-51-37-22-18-35(19-23-37)15-11-31-53-40-26-17-34(3)42(46)43(40)47/h17-28,33H,4-16,29-32H2,1-3H3. The predicted octanol–water partition coefficient (Wildman–Crippen LogP) is 12.2. The van der Waals surface area contributed by atoms with Crippen molar-refractivity contribution in [3.63, 3.8) is 0 Å². The van der Waals surface area contributed by atoms with Crippen molar-refractivity contribution in [2.75, 3.05) is 33.0 Å². The summed E-state index contributed by atoms with van der Waals surface area (Å²) in [5.74, 6) is -1.67. The van der Waals surface area contributed by atoms with E-state index in [4.69, 9.17) is 23.7 Å². The van der Waals surface area contributed by atoms with Gasteiger partial charge in [-0.25, -0.2) is 4.39 Å². The molecule has 5 nitrogen and oxygen atoms in total. The SMILES string of the molecule is CCOc1ccc(OCCCc2ccc(OCCCCCC(C)CCCCCOc3ccc(CCCOc4ccc(C)c(F)c4F)cc3)cc2)c(F)c1F. The summed E-state index contributed by atoms with van der Waals surface area (Å²) in [5, 5.41) is 0. The van der Waals surface area contributed by atoms with Gasteiger partial charge in [-0.2, -0.15) is 13.2 Å². The summed E-state index contributed by atoms with van der Waals surface area (Å²) in [7, 11) is 0. The van der Waals surface area contributed by atoms with Crippen molar-refractivity contribution in [3.05, 3.63) is 113 Å². The van der Waals surface area contributed by atoms with Gasteiger partial charge in [0.2, 0.25) is 17.5 Å². The number of aryl methyl sites for hydroxylation is 3. The van der Waals surface area contributed by atoms with Gasteiger partial charge in [0.05, 0.1) is 33.0 Å². The van der Waals surface area contributed by atoms with Crippen molar-refractivity contribution in [1.82, 2.24) is 0 Å². The number of halogens is 4. The van der Waals surface area contributed by atoms with Crippen LogP contribution in [0.4, 0.5) is 17.6 Å². The molecule has 0 aliphatic carbocycles. The second-order valence-corrected chi connectivity index (χ2v) is 13.8. The van der Waals surface area contributed by atoms with Crippen molar-refractivity contribution < 1.29 is 41.2 Å². The Morgan fingerprint density at radius 3 is 1.31 bits per heavy atom. The predicted molar refractivity (Wildman–Crippen MR) is 206 cm³/mol. The average molecular weight is 753 g/mol. The minimum absolute atomic E-state index is 0.0450. The van der Waals surface area contributed by atoms with Gasteiger partial charge in [0.15, 0.2) is 23.1 Å². The third kappa shape index (κ3) is 14.4. The van der Waals surface area contributed by atoms with E-state index in [1.165, 1.54) is 56.9 Å². The van der Waals surface area contributed by atoms with Crippen molar-refractivity contribution in [2.24, 2.45) is 5.92 Å². The fourth-order valence-electron chi connectivity index (χ4n) is 6.12. The van der Waals surface area contributed by atoms with Crippen LogP contribution in [-0.4, -0.2) is 33.0 Å². The Morgan fingerprint density at radius 1 is 0.444 bits per heavy atom. The molecule has 0 saturated carbocycles. The van der Waals surface area contributed by atoms with Crippen LogP contribution in [0.15, 0.2) is 72.8 Å². The van der Waals surface area contributed by atoms with E-state index >= 15 is 0 Å². The van der Waals surface area contributed by atoms with E-state index in [1.54, 1.807) is 6.92 Å². The van der Waals surface area contributed by atoms with E-state index in [-0.39, 0.29) is 36.0 Å². The van der Waals surface area contributed by atoms with E-state index < -0.39 is 23.3 Å². The highest BCUT2D eigenvalue weighted by atomic mass is 19.2. The van der Waals surface area contributed by atoms with Gasteiger partial charge in [-0.05, 0) is 117 Å². The molecule has 0 bridgehead atoms. The van der Waals surface area contributed by atoms with Gasteiger partial charge < -0.3 is 23.7 Å². The molecule has 0 aliphatic heterocycles. The van der Waals surface area contributed by atoms with Gasteiger partial charge in [-0.15, -0.1) is 0 Å². The minimum Gasteiger partial charge on any atom is -0.494 e. The van der Waals surface area contributed by atoms with Crippen LogP contribution < -0.4 is 23.7 Å². The first-order chi connectivity index (χ1) is 26.2. The monoisotopic (exact) mass is 752 g/mol. The van der Waals surface area contributed by atoms with Gasteiger partial charge in [-0.1, -0.05) is 75.8 Å². The number of unbranched alkanes of at least 4 members (excludes halogenated alkanes) is 4. The van der Waals surface area contributed by atoms with E-state index in [0.29, 0.717) is 38.6 Å². The molecule has 0 amide bonds. The van der Waals surface area contributed by atoms with Crippen LogP contribution in [-0.2, 0) is 12.8 Å². The molecule has 0 fully saturated rings. The summed E-state index contributed by atoms with van der Waals surface area (Å²) >= 11 is 0. The van der Waals surface area contributed by atoms with Crippen molar-refractivity contribution in [1.29, 1.82) is 0 Å². The van der Waals surface area contributed by atoms with E-state index in [2.05, 4.69) is 6.92 Å². The van der Waals surface area contributed by atoms with Crippen LogP contribution in [0.3, 0.4) is 0 Å². The molecule has 1 atom stereocenters. The smallest absolute Gasteiger partial charge is 0.204 e. The summed E-state index contributed by atoms with van der Waals surface area (Å²) < 4.78 is 83.6.